The number of hydrogen-bond donors (Lipinski definition) is 1. The van der Waals surface area contributed by atoms with Gasteiger partial charge in [-0.1, -0.05) is 37.1 Å². The molecule has 1 heterocycles. The Bertz CT molecular complexity index is 376. The molecule has 2 aliphatic rings. The first-order chi connectivity index (χ1) is 8.28. The Hall–Kier alpha value is -0.900. The molecule has 2 N–H and O–H groups in total. The van der Waals surface area contributed by atoms with Crippen LogP contribution in [0.15, 0.2) is 24.3 Å². The molecular weight excluding hydrogens is 214 g/mol. The molecule has 0 aromatic heterocycles. The maximum Gasteiger partial charge on any atom is 0.147 e. The van der Waals surface area contributed by atoms with Crippen LogP contribution in [0.2, 0.25) is 0 Å². The van der Waals surface area contributed by atoms with Crippen molar-refractivity contribution < 1.29 is 9.47 Å². The third-order valence-corrected chi connectivity index (χ3v) is 3.97. The van der Waals surface area contributed by atoms with Crippen molar-refractivity contribution in [3.63, 3.8) is 0 Å². The van der Waals surface area contributed by atoms with Crippen LogP contribution >= 0.6 is 0 Å². The summed E-state index contributed by atoms with van der Waals surface area (Å²) in [7, 11) is 0. The van der Waals surface area contributed by atoms with Crippen molar-refractivity contribution in [1.29, 1.82) is 0 Å². The first-order valence-corrected chi connectivity index (χ1v) is 6.37. The molecule has 0 spiro atoms. The van der Waals surface area contributed by atoms with Gasteiger partial charge >= 0.3 is 0 Å². The van der Waals surface area contributed by atoms with Crippen LogP contribution in [0.25, 0.3) is 0 Å². The molecule has 2 fully saturated rings. The molecule has 3 rings (SSSR count). The molecule has 1 aliphatic carbocycles. The van der Waals surface area contributed by atoms with Crippen molar-refractivity contribution in [1.82, 2.24) is 0 Å². The molecule has 0 radical (unpaired) electrons. The predicted octanol–water partition coefficient (Wildman–Crippen LogP) is 2.46. The Labute approximate surface area is 102 Å². The molecular formula is C14H19NO2. The van der Waals surface area contributed by atoms with Gasteiger partial charge in [0.15, 0.2) is 0 Å². The van der Waals surface area contributed by atoms with Crippen molar-refractivity contribution in [3.8, 4) is 0 Å². The second-order valence-electron chi connectivity index (χ2n) is 5.13. The lowest BCUT2D eigenvalue weighted by molar-refractivity contribution is 0.0466. The van der Waals surface area contributed by atoms with Crippen LogP contribution in [0.3, 0.4) is 0 Å². The van der Waals surface area contributed by atoms with Crippen LogP contribution in [0.4, 0.5) is 0 Å². The molecule has 1 saturated heterocycles. The second-order valence-corrected chi connectivity index (χ2v) is 5.13. The largest absolute Gasteiger partial charge is 0.352 e. The van der Waals surface area contributed by atoms with Gasteiger partial charge in [-0.2, -0.15) is 0 Å². The minimum absolute atomic E-state index is 0.0917. The zero-order chi connectivity index (χ0) is 11.7. The van der Waals surface area contributed by atoms with Gasteiger partial charge < -0.3 is 15.2 Å². The normalized spacial score (nSPS) is 27.5. The van der Waals surface area contributed by atoms with E-state index < -0.39 is 0 Å². The van der Waals surface area contributed by atoms with Crippen LogP contribution in [-0.4, -0.2) is 13.4 Å². The van der Waals surface area contributed by atoms with Crippen LogP contribution in [0.1, 0.15) is 42.9 Å². The summed E-state index contributed by atoms with van der Waals surface area (Å²) in [6, 6.07) is 8.56. The lowest BCUT2D eigenvalue weighted by Gasteiger charge is -2.24. The first kappa shape index (κ1) is 11.2. The molecule has 0 bridgehead atoms. The Morgan fingerprint density at radius 1 is 1.12 bits per heavy atom. The van der Waals surface area contributed by atoms with E-state index in [1.807, 2.05) is 0 Å². The molecule has 1 saturated carbocycles. The van der Waals surface area contributed by atoms with Gasteiger partial charge in [0.05, 0.1) is 6.61 Å². The Morgan fingerprint density at radius 3 is 2.41 bits per heavy atom. The fraction of sp³-hybridized carbons (Fsp3) is 0.571. The third-order valence-electron chi connectivity index (χ3n) is 3.97. The highest BCUT2D eigenvalue weighted by molar-refractivity contribution is 5.30. The van der Waals surface area contributed by atoms with E-state index in [1.165, 1.54) is 24.0 Å². The van der Waals surface area contributed by atoms with E-state index in [0.717, 1.165) is 12.8 Å². The fourth-order valence-corrected chi connectivity index (χ4v) is 2.85. The van der Waals surface area contributed by atoms with Gasteiger partial charge in [0.2, 0.25) is 0 Å². The fourth-order valence-electron chi connectivity index (χ4n) is 2.85. The number of nitrogens with two attached hydrogens (primary N) is 1. The van der Waals surface area contributed by atoms with Crippen LogP contribution < -0.4 is 5.73 Å². The molecule has 1 unspecified atom stereocenters. The topological polar surface area (TPSA) is 44.5 Å². The van der Waals surface area contributed by atoms with Crippen molar-refractivity contribution in [3.05, 3.63) is 35.4 Å². The SMILES string of the molecule is NC1(c2ccc(C3COCO3)cc2)CCCC1. The Morgan fingerprint density at radius 2 is 1.82 bits per heavy atom. The van der Waals surface area contributed by atoms with Gasteiger partial charge in [0.1, 0.15) is 12.9 Å². The molecule has 1 atom stereocenters. The zero-order valence-electron chi connectivity index (χ0n) is 10.0. The van der Waals surface area contributed by atoms with Gasteiger partial charge in [0.25, 0.3) is 0 Å². The first-order valence-electron chi connectivity index (χ1n) is 6.37. The molecule has 1 aliphatic heterocycles. The Kier molecular flexibility index (Phi) is 2.90. The van der Waals surface area contributed by atoms with Gasteiger partial charge in [0, 0.05) is 5.54 Å². The monoisotopic (exact) mass is 233 g/mol. The third kappa shape index (κ3) is 2.10. The molecule has 17 heavy (non-hydrogen) atoms. The quantitative estimate of drug-likeness (QED) is 0.853. The van der Waals surface area contributed by atoms with Crippen LogP contribution in [-0.2, 0) is 15.0 Å². The molecule has 1 aromatic rings. The van der Waals surface area contributed by atoms with E-state index in [4.69, 9.17) is 15.2 Å². The van der Waals surface area contributed by atoms with Crippen LogP contribution in [0, 0.1) is 0 Å². The van der Waals surface area contributed by atoms with Crippen molar-refractivity contribution >= 4 is 0 Å². The standard InChI is InChI=1S/C14H19NO2/c15-14(7-1-2-8-14)12-5-3-11(4-6-12)13-9-16-10-17-13/h3-6,13H,1-2,7-10,15H2. The highest BCUT2D eigenvalue weighted by Gasteiger charge is 2.31. The summed E-state index contributed by atoms with van der Waals surface area (Å²) in [6.45, 7) is 1.07. The summed E-state index contributed by atoms with van der Waals surface area (Å²) in [5, 5.41) is 0. The molecule has 3 nitrogen and oxygen atoms in total. The van der Waals surface area contributed by atoms with E-state index in [9.17, 15) is 0 Å². The Balaban J connectivity index is 1.79. The highest BCUT2D eigenvalue weighted by atomic mass is 16.7. The average molecular weight is 233 g/mol. The summed E-state index contributed by atoms with van der Waals surface area (Å²) in [4.78, 5) is 0. The number of ether oxygens (including phenoxy) is 2. The molecule has 1 aromatic carbocycles. The summed E-state index contributed by atoms with van der Waals surface area (Å²) >= 11 is 0. The molecule has 92 valence electrons. The van der Waals surface area contributed by atoms with Crippen LogP contribution in [0.5, 0.6) is 0 Å². The van der Waals surface area contributed by atoms with Gasteiger partial charge in [-0.25, -0.2) is 0 Å². The van der Waals surface area contributed by atoms with Crippen molar-refractivity contribution in [2.24, 2.45) is 5.73 Å². The van der Waals surface area contributed by atoms with E-state index in [-0.39, 0.29) is 11.6 Å². The smallest absolute Gasteiger partial charge is 0.147 e. The van der Waals surface area contributed by atoms with Crippen molar-refractivity contribution in [2.45, 2.75) is 37.3 Å². The lowest BCUT2D eigenvalue weighted by atomic mass is 9.88. The number of hydrogen-bond acceptors (Lipinski definition) is 3. The van der Waals surface area contributed by atoms with Gasteiger partial charge in [-0.05, 0) is 24.0 Å². The van der Waals surface area contributed by atoms with E-state index in [2.05, 4.69) is 24.3 Å². The maximum absolute atomic E-state index is 6.43. The minimum Gasteiger partial charge on any atom is -0.352 e. The summed E-state index contributed by atoms with van der Waals surface area (Å²) in [6.07, 6.45) is 4.81. The summed E-state index contributed by atoms with van der Waals surface area (Å²) in [5.41, 5.74) is 8.79. The average Bonchev–Trinajstić information content (AvgIpc) is 3.01. The van der Waals surface area contributed by atoms with E-state index in [1.54, 1.807) is 0 Å². The lowest BCUT2D eigenvalue weighted by Crippen LogP contribution is -2.32. The predicted molar refractivity (Wildman–Crippen MR) is 65.4 cm³/mol. The minimum atomic E-state index is -0.0917. The maximum atomic E-state index is 6.43. The number of rotatable bonds is 2. The zero-order valence-corrected chi connectivity index (χ0v) is 10.0. The second kappa shape index (κ2) is 4.41. The summed E-state index contributed by atoms with van der Waals surface area (Å²) < 4.78 is 10.7. The number of benzene rings is 1. The summed E-state index contributed by atoms with van der Waals surface area (Å²) in [5.74, 6) is 0. The molecule has 3 heteroatoms. The molecule has 0 amide bonds. The van der Waals surface area contributed by atoms with E-state index >= 15 is 0 Å². The van der Waals surface area contributed by atoms with Gasteiger partial charge in [-0.3, -0.25) is 0 Å². The van der Waals surface area contributed by atoms with Gasteiger partial charge in [-0.15, -0.1) is 0 Å². The highest BCUT2D eigenvalue weighted by Crippen LogP contribution is 2.36. The van der Waals surface area contributed by atoms with Crippen molar-refractivity contribution in [2.75, 3.05) is 13.4 Å². The van der Waals surface area contributed by atoms with E-state index in [0.29, 0.717) is 13.4 Å².